The quantitative estimate of drug-likeness (QED) is 0.225. The van der Waals surface area contributed by atoms with Crippen molar-refractivity contribution in [3.8, 4) is 11.8 Å². The number of nitriles is 1. The Bertz CT molecular complexity index is 1710. The van der Waals surface area contributed by atoms with E-state index in [9.17, 15) is 5.26 Å². The van der Waals surface area contributed by atoms with Crippen LogP contribution in [0.2, 0.25) is 5.02 Å². The molecule has 10 heteroatoms. The molecule has 3 heterocycles. The van der Waals surface area contributed by atoms with E-state index in [1.165, 1.54) is 0 Å². The van der Waals surface area contributed by atoms with Gasteiger partial charge in [0, 0.05) is 35.5 Å². The molecule has 0 aliphatic heterocycles. The summed E-state index contributed by atoms with van der Waals surface area (Å²) in [6, 6.07) is 16.1. The van der Waals surface area contributed by atoms with Crippen molar-refractivity contribution in [2.24, 2.45) is 5.41 Å². The van der Waals surface area contributed by atoms with Crippen LogP contribution < -0.4 is 10.6 Å². The standard InChI is InChI=1S/C30H30ClN9/c1-30(2,3)18-34-27-20(15-32)16-33-29-24(27)13-21(31)14-25(29)36-28(26-17-40(38-37-26)22-8-9-22)19-6-4-7-23(12-19)39-11-5-10-35-39/h4-7,10-14,16-17,22,28,36H,8-9,18H2,1-3H3,(H,33,34)/t28-/m0/s1. The molecule has 2 aromatic carbocycles. The number of nitrogens with one attached hydrogen (secondary N) is 2. The van der Waals surface area contributed by atoms with Crippen molar-refractivity contribution in [2.75, 3.05) is 17.2 Å². The second-order valence-electron chi connectivity index (χ2n) is 11.4. The van der Waals surface area contributed by atoms with Crippen LogP contribution in [0.3, 0.4) is 0 Å². The average molecular weight is 552 g/mol. The van der Waals surface area contributed by atoms with Gasteiger partial charge in [0.2, 0.25) is 0 Å². The van der Waals surface area contributed by atoms with Crippen LogP contribution in [0, 0.1) is 16.7 Å². The Kier molecular flexibility index (Phi) is 6.64. The second-order valence-corrected chi connectivity index (χ2v) is 11.8. The van der Waals surface area contributed by atoms with Gasteiger partial charge in [0.1, 0.15) is 11.8 Å². The molecular formula is C30H30ClN9. The first-order valence-corrected chi connectivity index (χ1v) is 13.7. The fraction of sp³-hybridized carbons (Fsp3) is 0.300. The summed E-state index contributed by atoms with van der Waals surface area (Å²) in [4.78, 5) is 4.70. The monoisotopic (exact) mass is 551 g/mol. The van der Waals surface area contributed by atoms with E-state index in [-0.39, 0.29) is 11.5 Å². The lowest BCUT2D eigenvalue weighted by Gasteiger charge is -2.23. The summed E-state index contributed by atoms with van der Waals surface area (Å²) in [7, 11) is 0. The smallest absolute Gasteiger partial charge is 0.109 e. The SMILES string of the molecule is CC(C)(C)CNc1c(C#N)cnc2c(N[C@@H](c3cccc(-n4cccn4)c3)c3cn(C4CC4)nn3)cc(Cl)cc12. The zero-order valence-electron chi connectivity index (χ0n) is 22.6. The Morgan fingerprint density at radius 3 is 2.75 bits per heavy atom. The molecule has 1 fully saturated rings. The van der Waals surface area contributed by atoms with Crippen molar-refractivity contribution in [2.45, 2.75) is 45.7 Å². The molecule has 0 saturated heterocycles. The van der Waals surface area contributed by atoms with Gasteiger partial charge in [-0.25, -0.2) is 9.36 Å². The highest BCUT2D eigenvalue weighted by molar-refractivity contribution is 6.32. The minimum atomic E-state index is -0.340. The Morgan fingerprint density at radius 2 is 2.02 bits per heavy atom. The summed E-state index contributed by atoms with van der Waals surface area (Å²) in [5.41, 5.74) is 5.38. The Labute approximate surface area is 237 Å². The summed E-state index contributed by atoms with van der Waals surface area (Å²) < 4.78 is 3.78. The third kappa shape index (κ3) is 5.36. The first-order chi connectivity index (χ1) is 19.3. The van der Waals surface area contributed by atoms with E-state index in [0.717, 1.165) is 46.5 Å². The van der Waals surface area contributed by atoms with Crippen molar-refractivity contribution in [3.05, 3.63) is 89.1 Å². The number of benzene rings is 2. The fourth-order valence-corrected chi connectivity index (χ4v) is 4.92. The lowest BCUT2D eigenvalue weighted by Crippen LogP contribution is -2.20. The molecular weight excluding hydrogens is 522 g/mol. The number of fused-ring (bicyclic) bond motifs is 1. The third-order valence-corrected chi connectivity index (χ3v) is 7.09. The molecule has 6 rings (SSSR count). The van der Waals surface area contributed by atoms with E-state index in [1.807, 2.05) is 52.1 Å². The Morgan fingerprint density at radius 1 is 1.18 bits per heavy atom. The number of nitrogens with zero attached hydrogens (tertiary/aromatic N) is 7. The van der Waals surface area contributed by atoms with Crippen LogP contribution in [-0.4, -0.2) is 36.3 Å². The topological polar surface area (TPSA) is 109 Å². The highest BCUT2D eigenvalue weighted by atomic mass is 35.5. The molecule has 1 atom stereocenters. The molecule has 40 heavy (non-hydrogen) atoms. The van der Waals surface area contributed by atoms with E-state index in [0.29, 0.717) is 28.7 Å². The van der Waals surface area contributed by atoms with Crippen LogP contribution in [-0.2, 0) is 0 Å². The van der Waals surface area contributed by atoms with Crippen LogP contribution in [0.1, 0.15) is 62.5 Å². The highest BCUT2D eigenvalue weighted by Crippen LogP contribution is 2.38. The number of hydrogen-bond acceptors (Lipinski definition) is 7. The van der Waals surface area contributed by atoms with Crippen LogP contribution in [0.5, 0.6) is 0 Å². The van der Waals surface area contributed by atoms with Gasteiger partial charge >= 0.3 is 0 Å². The highest BCUT2D eigenvalue weighted by Gasteiger charge is 2.27. The van der Waals surface area contributed by atoms with E-state index in [2.05, 4.69) is 65.0 Å². The predicted molar refractivity (Wildman–Crippen MR) is 157 cm³/mol. The maximum atomic E-state index is 9.84. The number of anilines is 2. The van der Waals surface area contributed by atoms with E-state index in [1.54, 1.807) is 12.4 Å². The molecule has 2 N–H and O–H groups in total. The van der Waals surface area contributed by atoms with Crippen molar-refractivity contribution in [3.63, 3.8) is 0 Å². The van der Waals surface area contributed by atoms with Crippen LogP contribution in [0.4, 0.5) is 11.4 Å². The first-order valence-electron chi connectivity index (χ1n) is 13.3. The molecule has 5 aromatic rings. The zero-order valence-corrected chi connectivity index (χ0v) is 23.4. The number of halogens is 1. The van der Waals surface area contributed by atoms with Gasteiger partial charge in [-0.2, -0.15) is 10.4 Å². The maximum Gasteiger partial charge on any atom is 0.109 e. The molecule has 3 aromatic heterocycles. The summed E-state index contributed by atoms with van der Waals surface area (Å²) in [6.07, 6.45) is 9.53. The fourth-order valence-electron chi connectivity index (χ4n) is 4.70. The Balaban J connectivity index is 1.46. The van der Waals surface area contributed by atoms with Gasteiger partial charge in [-0.1, -0.05) is 49.7 Å². The largest absolute Gasteiger partial charge is 0.383 e. The molecule has 1 aliphatic rings. The molecule has 0 unspecified atom stereocenters. The number of rotatable bonds is 8. The normalized spacial score (nSPS) is 14.2. The first kappa shape index (κ1) is 25.8. The van der Waals surface area contributed by atoms with E-state index in [4.69, 9.17) is 16.6 Å². The molecule has 1 aliphatic carbocycles. The average Bonchev–Trinajstić information content (AvgIpc) is 3.41. The molecule has 1 saturated carbocycles. The van der Waals surface area contributed by atoms with Crippen molar-refractivity contribution in [1.82, 2.24) is 29.8 Å². The molecule has 0 spiro atoms. The molecule has 0 radical (unpaired) electrons. The summed E-state index contributed by atoms with van der Waals surface area (Å²) in [5.74, 6) is 0. The van der Waals surface area contributed by atoms with Gasteiger partial charge in [-0.15, -0.1) is 5.10 Å². The summed E-state index contributed by atoms with van der Waals surface area (Å²) in [6.45, 7) is 7.12. The van der Waals surface area contributed by atoms with Crippen LogP contribution >= 0.6 is 11.6 Å². The minimum Gasteiger partial charge on any atom is -0.383 e. The summed E-state index contributed by atoms with van der Waals surface area (Å²) >= 11 is 6.68. The summed E-state index contributed by atoms with van der Waals surface area (Å²) in [5, 5.41) is 31.7. The maximum absolute atomic E-state index is 9.84. The Hall–Kier alpha value is -4.42. The predicted octanol–water partition coefficient (Wildman–Crippen LogP) is 6.53. The van der Waals surface area contributed by atoms with Gasteiger partial charge in [0.25, 0.3) is 0 Å². The van der Waals surface area contributed by atoms with Crippen molar-refractivity contribution < 1.29 is 0 Å². The number of aromatic nitrogens is 6. The molecule has 0 bridgehead atoms. The molecule has 0 amide bonds. The number of hydrogen-bond donors (Lipinski definition) is 2. The lowest BCUT2D eigenvalue weighted by atomic mass is 9.96. The van der Waals surface area contributed by atoms with Crippen molar-refractivity contribution >= 4 is 33.9 Å². The minimum absolute atomic E-state index is 0.0139. The van der Waals surface area contributed by atoms with Gasteiger partial charge in [-0.05, 0) is 54.2 Å². The van der Waals surface area contributed by atoms with Crippen LogP contribution in [0.15, 0.2) is 67.3 Å². The number of pyridine rings is 1. The van der Waals surface area contributed by atoms with Crippen molar-refractivity contribution in [1.29, 1.82) is 5.26 Å². The van der Waals surface area contributed by atoms with Crippen LogP contribution in [0.25, 0.3) is 16.6 Å². The van der Waals surface area contributed by atoms with Gasteiger partial charge in [0.05, 0.1) is 46.4 Å². The van der Waals surface area contributed by atoms with E-state index >= 15 is 0 Å². The lowest BCUT2D eigenvalue weighted by molar-refractivity contribution is 0.443. The second kappa shape index (κ2) is 10.3. The zero-order chi connectivity index (χ0) is 27.9. The molecule has 9 nitrogen and oxygen atoms in total. The van der Waals surface area contributed by atoms with Gasteiger partial charge < -0.3 is 10.6 Å². The molecule has 202 valence electrons. The van der Waals surface area contributed by atoms with E-state index < -0.39 is 0 Å². The van der Waals surface area contributed by atoms with Gasteiger partial charge in [-0.3, -0.25) is 4.98 Å². The van der Waals surface area contributed by atoms with Gasteiger partial charge in [0.15, 0.2) is 0 Å². The third-order valence-electron chi connectivity index (χ3n) is 6.87.